The molecule has 6 rings (SSSR count). The van der Waals surface area contributed by atoms with Gasteiger partial charge in [-0.1, -0.05) is 0 Å². The summed E-state index contributed by atoms with van der Waals surface area (Å²) in [6, 6.07) is 7.07. The predicted octanol–water partition coefficient (Wildman–Crippen LogP) is 2.94. The first-order valence-electron chi connectivity index (χ1n) is 12.5. The summed E-state index contributed by atoms with van der Waals surface area (Å²) in [6.45, 7) is 5.24. The summed E-state index contributed by atoms with van der Waals surface area (Å²) >= 11 is 0. The molecule has 0 bridgehead atoms. The standard InChI is InChI=1S/C26H29N7O3/c1-14-10-17(11-18-12-32(25(35)23(14)18)15(2)16-5-6-16)19-7-8-22-28-21(13-33(22)30-19)29-26(36)31-9-3-4-20(31)24(27)34/h7-8,10-11,13,15-16,20H,3-6,9,12H2,1-2H3,(H2,27,34)(H,29,36)/t15-,20-/m0/s1. The van der Waals surface area contributed by atoms with E-state index in [4.69, 9.17) is 10.8 Å². The third-order valence-electron chi connectivity index (χ3n) is 7.72. The number of hydrogen-bond acceptors (Lipinski definition) is 5. The van der Waals surface area contributed by atoms with E-state index in [1.165, 1.54) is 17.7 Å². The van der Waals surface area contributed by atoms with Crippen molar-refractivity contribution >= 4 is 29.3 Å². The molecule has 2 aromatic heterocycles. The molecule has 4 amide bonds. The van der Waals surface area contributed by atoms with Crippen LogP contribution in [0.3, 0.4) is 0 Å². The van der Waals surface area contributed by atoms with Gasteiger partial charge in [0, 0.05) is 30.3 Å². The van der Waals surface area contributed by atoms with E-state index in [0.717, 1.165) is 34.4 Å². The van der Waals surface area contributed by atoms with Gasteiger partial charge in [-0.2, -0.15) is 5.10 Å². The lowest BCUT2D eigenvalue weighted by atomic mass is 9.99. The zero-order chi connectivity index (χ0) is 25.1. The van der Waals surface area contributed by atoms with E-state index in [1.54, 1.807) is 10.7 Å². The van der Waals surface area contributed by atoms with Gasteiger partial charge in [-0.05, 0) is 80.8 Å². The Kier molecular flexibility index (Phi) is 5.20. The molecule has 0 unspecified atom stereocenters. The van der Waals surface area contributed by atoms with Crippen LogP contribution in [0.4, 0.5) is 10.6 Å². The van der Waals surface area contributed by atoms with Crippen LogP contribution in [0.5, 0.6) is 0 Å². The van der Waals surface area contributed by atoms with Crippen LogP contribution < -0.4 is 11.1 Å². The lowest BCUT2D eigenvalue weighted by Gasteiger charge is -2.24. The highest BCUT2D eigenvalue weighted by Crippen LogP contribution is 2.39. The lowest BCUT2D eigenvalue weighted by Crippen LogP contribution is -2.45. The van der Waals surface area contributed by atoms with E-state index < -0.39 is 18.0 Å². The molecule has 36 heavy (non-hydrogen) atoms. The number of nitrogens with two attached hydrogens (primary N) is 1. The predicted molar refractivity (Wildman–Crippen MR) is 133 cm³/mol. The van der Waals surface area contributed by atoms with Crippen LogP contribution in [0, 0.1) is 12.8 Å². The van der Waals surface area contributed by atoms with Crippen molar-refractivity contribution in [3.8, 4) is 11.3 Å². The summed E-state index contributed by atoms with van der Waals surface area (Å²) in [4.78, 5) is 45.3. The van der Waals surface area contributed by atoms with Crippen LogP contribution in [-0.2, 0) is 11.3 Å². The average Bonchev–Trinajstić information content (AvgIpc) is 3.27. The maximum absolute atomic E-state index is 13.1. The maximum Gasteiger partial charge on any atom is 0.323 e. The first kappa shape index (κ1) is 22.5. The number of amides is 4. The number of fused-ring (bicyclic) bond motifs is 2. The molecule has 0 radical (unpaired) electrons. The molecular formula is C26H29N7O3. The monoisotopic (exact) mass is 487 g/mol. The van der Waals surface area contributed by atoms with Crippen molar-refractivity contribution in [2.75, 3.05) is 11.9 Å². The molecule has 2 fully saturated rings. The molecule has 4 heterocycles. The number of aryl methyl sites for hydroxylation is 1. The number of likely N-dealkylation sites (tertiary alicyclic amines) is 1. The number of urea groups is 1. The van der Waals surface area contributed by atoms with Gasteiger partial charge >= 0.3 is 6.03 Å². The third-order valence-corrected chi connectivity index (χ3v) is 7.72. The van der Waals surface area contributed by atoms with Crippen LogP contribution in [-0.4, -0.2) is 60.9 Å². The normalized spacial score (nSPS) is 20.2. The summed E-state index contributed by atoms with van der Waals surface area (Å²) in [7, 11) is 0. The third kappa shape index (κ3) is 3.77. The molecule has 1 aliphatic carbocycles. The number of hydrogen-bond donors (Lipinski definition) is 2. The van der Waals surface area contributed by atoms with Crippen molar-refractivity contribution in [3.05, 3.63) is 47.2 Å². The van der Waals surface area contributed by atoms with Crippen molar-refractivity contribution in [3.63, 3.8) is 0 Å². The SMILES string of the molecule is Cc1cc(-c2ccc3nc(NC(=O)N4CCC[C@H]4C(N)=O)cn3n2)cc2c1C(=O)N([C@@H](C)C1CC1)C2. The van der Waals surface area contributed by atoms with Crippen molar-refractivity contribution < 1.29 is 14.4 Å². The van der Waals surface area contributed by atoms with Crippen LogP contribution in [0.15, 0.2) is 30.5 Å². The van der Waals surface area contributed by atoms with Gasteiger partial charge in [0.25, 0.3) is 5.91 Å². The number of aromatic nitrogens is 3. The van der Waals surface area contributed by atoms with Gasteiger partial charge in [0.2, 0.25) is 5.91 Å². The summed E-state index contributed by atoms with van der Waals surface area (Å²) in [5, 5.41) is 7.47. The van der Waals surface area contributed by atoms with Crippen molar-refractivity contribution in [2.45, 2.75) is 58.2 Å². The zero-order valence-electron chi connectivity index (χ0n) is 20.4. The van der Waals surface area contributed by atoms with E-state index in [0.29, 0.717) is 36.9 Å². The highest BCUT2D eigenvalue weighted by molar-refractivity contribution is 6.00. The van der Waals surface area contributed by atoms with Crippen molar-refractivity contribution in [1.82, 2.24) is 24.4 Å². The summed E-state index contributed by atoms with van der Waals surface area (Å²) in [6.07, 6.45) is 5.36. The van der Waals surface area contributed by atoms with E-state index >= 15 is 0 Å². The maximum atomic E-state index is 13.1. The summed E-state index contributed by atoms with van der Waals surface area (Å²) in [5.74, 6) is 0.597. The highest BCUT2D eigenvalue weighted by Gasteiger charge is 2.39. The second kappa shape index (κ2) is 8.32. The molecule has 2 atom stereocenters. The van der Waals surface area contributed by atoms with Crippen molar-refractivity contribution in [1.29, 1.82) is 0 Å². The average molecular weight is 488 g/mol. The number of anilines is 1. The second-order valence-electron chi connectivity index (χ2n) is 10.2. The van der Waals surface area contributed by atoms with Crippen LogP contribution >= 0.6 is 0 Å². The van der Waals surface area contributed by atoms with Gasteiger partial charge in [-0.15, -0.1) is 0 Å². The Morgan fingerprint density at radius 2 is 2.00 bits per heavy atom. The fraction of sp³-hybridized carbons (Fsp3) is 0.423. The van der Waals surface area contributed by atoms with Crippen LogP contribution in [0.2, 0.25) is 0 Å². The highest BCUT2D eigenvalue weighted by atomic mass is 16.2. The fourth-order valence-corrected chi connectivity index (χ4v) is 5.58. The number of rotatable bonds is 5. The second-order valence-corrected chi connectivity index (χ2v) is 10.2. The summed E-state index contributed by atoms with van der Waals surface area (Å²) in [5.41, 5.74) is 10.5. The minimum absolute atomic E-state index is 0.128. The molecule has 1 saturated heterocycles. The molecule has 10 nitrogen and oxygen atoms in total. The number of carbonyl (C=O) groups excluding carboxylic acids is 3. The number of benzene rings is 1. The van der Waals surface area contributed by atoms with Gasteiger partial charge in [-0.25, -0.2) is 14.3 Å². The number of primary amides is 1. The molecule has 1 aromatic carbocycles. The van der Waals surface area contributed by atoms with Crippen LogP contribution in [0.1, 0.15) is 54.1 Å². The smallest absolute Gasteiger partial charge is 0.323 e. The van der Waals surface area contributed by atoms with Crippen LogP contribution in [0.25, 0.3) is 16.9 Å². The Morgan fingerprint density at radius 1 is 1.19 bits per heavy atom. The topological polar surface area (TPSA) is 126 Å². The Bertz CT molecular complexity index is 1410. The number of nitrogens with one attached hydrogen (secondary N) is 1. The van der Waals surface area contributed by atoms with Gasteiger partial charge in [0.15, 0.2) is 11.5 Å². The molecule has 3 N–H and O–H groups in total. The minimum Gasteiger partial charge on any atom is -0.368 e. The van der Waals surface area contributed by atoms with E-state index in [1.807, 2.05) is 30.0 Å². The van der Waals surface area contributed by atoms with Gasteiger partial charge in [-0.3, -0.25) is 14.9 Å². The van der Waals surface area contributed by atoms with Gasteiger partial charge < -0.3 is 15.5 Å². The van der Waals surface area contributed by atoms with E-state index in [-0.39, 0.29) is 11.9 Å². The fourth-order valence-electron chi connectivity index (χ4n) is 5.58. The van der Waals surface area contributed by atoms with E-state index in [9.17, 15) is 14.4 Å². The molecule has 0 spiro atoms. The Hall–Kier alpha value is -3.95. The van der Waals surface area contributed by atoms with Gasteiger partial charge in [0.1, 0.15) is 6.04 Å². The molecule has 186 valence electrons. The first-order chi connectivity index (χ1) is 17.3. The molecule has 3 aliphatic rings. The number of imidazole rings is 1. The van der Waals surface area contributed by atoms with Crippen molar-refractivity contribution in [2.24, 2.45) is 11.7 Å². The number of carbonyl (C=O) groups is 3. The molecule has 10 heteroatoms. The summed E-state index contributed by atoms with van der Waals surface area (Å²) < 4.78 is 1.62. The Balaban J connectivity index is 1.24. The number of nitrogens with zero attached hydrogens (tertiary/aromatic N) is 5. The quantitative estimate of drug-likeness (QED) is 0.572. The largest absolute Gasteiger partial charge is 0.368 e. The van der Waals surface area contributed by atoms with E-state index in [2.05, 4.69) is 23.3 Å². The molecule has 1 saturated carbocycles. The molecule has 3 aromatic rings. The lowest BCUT2D eigenvalue weighted by molar-refractivity contribution is -0.121. The molecule has 2 aliphatic heterocycles. The Morgan fingerprint density at radius 3 is 2.75 bits per heavy atom. The molecular weight excluding hydrogens is 458 g/mol. The Labute approximate surface area is 208 Å². The van der Waals surface area contributed by atoms with Gasteiger partial charge in [0.05, 0.1) is 11.9 Å². The zero-order valence-corrected chi connectivity index (χ0v) is 20.4. The first-order valence-corrected chi connectivity index (χ1v) is 12.5. The minimum atomic E-state index is -0.593.